The van der Waals surface area contributed by atoms with E-state index < -0.39 is 5.97 Å². The van der Waals surface area contributed by atoms with Gasteiger partial charge in [0.2, 0.25) is 5.88 Å². The van der Waals surface area contributed by atoms with Crippen molar-refractivity contribution in [1.29, 1.82) is 0 Å². The van der Waals surface area contributed by atoms with Gasteiger partial charge in [0.15, 0.2) is 0 Å². The lowest BCUT2D eigenvalue weighted by molar-refractivity contribution is 0.0697. The van der Waals surface area contributed by atoms with Crippen LogP contribution in [0.5, 0.6) is 5.88 Å². The fraction of sp³-hybridized carbons (Fsp3) is 0.0769. The Morgan fingerprint density at radius 1 is 1.18 bits per heavy atom. The van der Waals surface area contributed by atoms with Gasteiger partial charge in [-0.2, -0.15) is 0 Å². The molecular weight excluding hydrogens is 218 g/mol. The van der Waals surface area contributed by atoms with E-state index in [1.807, 2.05) is 12.1 Å². The molecule has 0 fully saturated rings. The molecule has 4 nitrogen and oxygen atoms in total. The van der Waals surface area contributed by atoms with Gasteiger partial charge in [-0.05, 0) is 23.8 Å². The number of hydrogen-bond donors (Lipinski definition) is 1. The van der Waals surface area contributed by atoms with Crippen LogP contribution < -0.4 is 4.74 Å². The lowest BCUT2D eigenvalue weighted by atomic mass is 10.1. The zero-order valence-electron chi connectivity index (χ0n) is 9.04. The number of nitrogens with zero attached hydrogens (tertiary/aromatic N) is 1. The summed E-state index contributed by atoms with van der Waals surface area (Å²) in [5, 5.41) is 8.74. The van der Waals surface area contributed by atoms with Gasteiger partial charge < -0.3 is 9.84 Å². The van der Waals surface area contributed by atoms with Crippen molar-refractivity contribution in [2.75, 3.05) is 0 Å². The minimum atomic E-state index is -0.929. The number of pyridine rings is 1. The first-order chi connectivity index (χ1) is 8.25. The van der Waals surface area contributed by atoms with Gasteiger partial charge in [-0.25, -0.2) is 9.78 Å². The summed E-state index contributed by atoms with van der Waals surface area (Å²) in [6, 6.07) is 12.0. The molecule has 0 amide bonds. The van der Waals surface area contributed by atoms with Gasteiger partial charge >= 0.3 is 5.97 Å². The normalized spacial score (nSPS) is 9.88. The topological polar surface area (TPSA) is 59.4 Å². The van der Waals surface area contributed by atoms with Crippen LogP contribution in [0.1, 0.15) is 15.9 Å². The molecule has 0 aliphatic rings. The lowest BCUT2D eigenvalue weighted by Crippen LogP contribution is -1.99. The van der Waals surface area contributed by atoms with E-state index in [9.17, 15) is 4.79 Å². The molecule has 0 aliphatic carbocycles. The molecule has 0 saturated heterocycles. The van der Waals surface area contributed by atoms with Crippen LogP contribution >= 0.6 is 0 Å². The number of carbonyl (C=O) groups is 1. The Morgan fingerprint density at radius 3 is 2.53 bits per heavy atom. The highest BCUT2D eigenvalue weighted by atomic mass is 16.5. The summed E-state index contributed by atoms with van der Waals surface area (Å²) in [6.45, 7) is 0.372. The molecule has 1 heterocycles. The number of carboxylic acid groups (broad SMARTS) is 1. The highest BCUT2D eigenvalue weighted by Gasteiger charge is 2.02. The number of hydrogen-bond acceptors (Lipinski definition) is 3. The average molecular weight is 229 g/mol. The van der Waals surface area contributed by atoms with Gasteiger partial charge in [0.05, 0.1) is 5.56 Å². The minimum Gasteiger partial charge on any atom is -0.478 e. The zero-order chi connectivity index (χ0) is 12.1. The van der Waals surface area contributed by atoms with Crippen molar-refractivity contribution >= 4 is 5.97 Å². The predicted octanol–water partition coefficient (Wildman–Crippen LogP) is 2.36. The Balaban J connectivity index is 1.98. The monoisotopic (exact) mass is 229 g/mol. The molecule has 4 heteroatoms. The van der Waals surface area contributed by atoms with Crippen molar-refractivity contribution in [2.24, 2.45) is 0 Å². The van der Waals surface area contributed by atoms with E-state index in [0.717, 1.165) is 5.56 Å². The van der Waals surface area contributed by atoms with E-state index in [1.54, 1.807) is 36.5 Å². The molecule has 0 saturated carbocycles. The van der Waals surface area contributed by atoms with Crippen LogP contribution in [0.4, 0.5) is 0 Å². The molecule has 86 valence electrons. The SMILES string of the molecule is O=C(O)c1ccc(COc2ccccn2)cc1. The summed E-state index contributed by atoms with van der Waals surface area (Å²) in [7, 11) is 0. The van der Waals surface area contributed by atoms with Crippen LogP contribution in [0.2, 0.25) is 0 Å². The quantitative estimate of drug-likeness (QED) is 0.874. The number of ether oxygens (including phenoxy) is 1. The summed E-state index contributed by atoms with van der Waals surface area (Å²) in [6.07, 6.45) is 1.66. The van der Waals surface area contributed by atoms with E-state index in [2.05, 4.69) is 4.98 Å². The Labute approximate surface area is 98.5 Å². The van der Waals surface area contributed by atoms with Crippen molar-refractivity contribution in [1.82, 2.24) is 4.98 Å². The van der Waals surface area contributed by atoms with E-state index >= 15 is 0 Å². The Kier molecular flexibility index (Phi) is 3.35. The van der Waals surface area contributed by atoms with Crippen LogP contribution in [0, 0.1) is 0 Å². The fourth-order valence-electron chi connectivity index (χ4n) is 1.33. The Morgan fingerprint density at radius 2 is 1.94 bits per heavy atom. The van der Waals surface area contributed by atoms with Gasteiger partial charge in [0.1, 0.15) is 6.61 Å². The smallest absolute Gasteiger partial charge is 0.335 e. The van der Waals surface area contributed by atoms with Crippen molar-refractivity contribution in [3.8, 4) is 5.88 Å². The minimum absolute atomic E-state index is 0.270. The Bertz CT molecular complexity index is 494. The maximum absolute atomic E-state index is 10.7. The van der Waals surface area contributed by atoms with Crippen LogP contribution in [0.15, 0.2) is 48.7 Å². The number of aromatic nitrogens is 1. The molecule has 2 rings (SSSR count). The summed E-state index contributed by atoms with van der Waals surface area (Å²) < 4.78 is 5.43. The van der Waals surface area contributed by atoms with Crippen molar-refractivity contribution in [3.05, 3.63) is 59.8 Å². The van der Waals surface area contributed by atoms with Gasteiger partial charge in [-0.3, -0.25) is 0 Å². The molecule has 0 bridgehead atoms. The first-order valence-electron chi connectivity index (χ1n) is 5.12. The molecule has 1 aromatic heterocycles. The second kappa shape index (κ2) is 5.12. The number of benzene rings is 1. The molecule has 2 aromatic rings. The summed E-state index contributed by atoms with van der Waals surface area (Å²) >= 11 is 0. The molecular formula is C13H11NO3. The third-order valence-electron chi connectivity index (χ3n) is 2.23. The molecule has 0 radical (unpaired) electrons. The van der Waals surface area contributed by atoms with Crippen molar-refractivity contribution in [2.45, 2.75) is 6.61 Å². The highest BCUT2D eigenvalue weighted by molar-refractivity contribution is 5.87. The van der Waals surface area contributed by atoms with E-state index in [0.29, 0.717) is 12.5 Å². The fourth-order valence-corrected chi connectivity index (χ4v) is 1.33. The lowest BCUT2D eigenvalue weighted by Gasteiger charge is -2.04. The second-order valence-corrected chi connectivity index (χ2v) is 3.46. The Hall–Kier alpha value is -2.36. The third kappa shape index (κ3) is 3.04. The van der Waals surface area contributed by atoms with Gasteiger partial charge in [-0.15, -0.1) is 0 Å². The maximum Gasteiger partial charge on any atom is 0.335 e. The van der Waals surface area contributed by atoms with E-state index in [4.69, 9.17) is 9.84 Å². The summed E-state index contributed by atoms with van der Waals surface area (Å²) in [4.78, 5) is 14.7. The van der Waals surface area contributed by atoms with Gasteiger partial charge in [-0.1, -0.05) is 18.2 Å². The van der Waals surface area contributed by atoms with Crippen LogP contribution in [0.3, 0.4) is 0 Å². The summed E-state index contributed by atoms with van der Waals surface area (Å²) in [5.74, 6) is -0.378. The zero-order valence-corrected chi connectivity index (χ0v) is 9.04. The van der Waals surface area contributed by atoms with Gasteiger partial charge in [0, 0.05) is 12.3 Å². The number of carboxylic acids is 1. The molecule has 0 unspecified atom stereocenters. The second-order valence-electron chi connectivity index (χ2n) is 3.46. The molecule has 1 aromatic carbocycles. The average Bonchev–Trinajstić information content (AvgIpc) is 2.38. The van der Waals surface area contributed by atoms with E-state index in [-0.39, 0.29) is 5.56 Å². The molecule has 0 atom stereocenters. The molecule has 0 spiro atoms. The predicted molar refractivity (Wildman–Crippen MR) is 62.0 cm³/mol. The van der Waals surface area contributed by atoms with Crippen molar-refractivity contribution < 1.29 is 14.6 Å². The molecule has 1 N–H and O–H groups in total. The standard InChI is InChI=1S/C13H11NO3/c15-13(16)11-6-4-10(5-7-11)9-17-12-3-1-2-8-14-12/h1-8H,9H2,(H,15,16). The maximum atomic E-state index is 10.7. The highest BCUT2D eigenvalue weighted by Crippen LogP contribution is 2.09. The van der Waals surface area contributed by atoms with Crippen LogP contribution in [-0.4, -0.2) is 16.1 Å². The van der Waals surface area contributed by atoms with Crippen LogP contribution in [0.25, 0.3) is 0 Å². The summed E-state index contributed by atoms with van der Waals surface area (Å²) in [5.41, 5.74) is 1.17. The third-order valence-corrected chi connectivity index (χ3v) is 2.23. The molecule has 17 heavy (non-hydrogen) atoms. The van der Waals surface area contributed by atoms with Crippen LogP contribution in [-0.2, 0) is 6.61 Å². The van der Waals surface area contributed by atoms with Crippen molar-refractivity contribution in [3.63, 3.8) is 0 Å². The van der Waals surface area contributed by atoms with Gasteiger partial charge in [0.25, 0.3) is 0 Å². The first-order valence-corrected chi connectivity index (χ1v) is 5.12. The largest absolute Gasteiger partial charge is 0.478 e. The van der Waals surface area contributed by atoms with E-state index in [1.165, 1.54) is 0 Å². The first kappa shape index (κ1) is 11.1. The molecule has 0 aliphatic heterocycles. The number of rotatable bonds is 4. The number of aromatic carboxylic acids is 1.